The van der Waals surface area contributed by atoms with Gasteiger partial charge in [-0.2, -0.15) is 0 Å². The Balaban J connectivity index is 2.09. The van der Waals surface area contributed by atoms with Crippen LogP contribution in [0.25, 0.3) is 6.08 Å². The Morgan fingerprint density at radius 1 is 1.00 bits per heavy atom. The Bertz CT molecular complexity index is 860. The number of hydrogen-bond donors (Lipinski definition) is 1. The predicted octanol–water partition coefficient (Wildman–Crippen LogP) is 3.71. The third kappa shape index (κ3) is 6.00. The summed E-state index contributed by atoms with van der Waals surface area (Å²) in [6.07, 6.45) is 4.21. The Morgan fingerprint density at radius 3 is 2.13 bits per heavy atom. The fourth-order valence-electron chi connectivity index (χ4n) is 3.18. The van der Waals surface area contributed by atoms with E-state index in [2.05, 4.69) is 41.4 Å². The minimum Gasteiger partial charge on any atom is -0.496 e. The Kier molecular flexibility index (Phi) is 8.74. The van der Waals surface area contributed by atoms with Gasteiger partial charge in [-0.1, -0.05) is 31.2 Å². The molecule has 1 amide bonds. The van der Waals surface area contributed by atoms with E-state index in [0.717, 1.165) is 12.0 Å². The molecule has 1 N–H and O–H groups in total. The van der Waals surface area contributed by atoms with Crippen LogP contribution in [0.4, 0.5) is 0 Å². The fraction of sp³-hybridized carbons (Fsp3) is 0.375. The van der Waals surface area contributed by atoms with Gasteiger partial charge in [-0.25, -0.2) is 0 Å². The van der Waals surface area contributed by atoms with Gasteiger partial charge in [0.25, 0.3) is 0 Å². The van der Waals surface area contributed by atoms with Crippen molar-refractivity contribution in [1.29, 1.82) is 0 Å². The van der Waals surface area contributed by atoms with Gasteiger partial charge in [0, 0.05) is 24.3 Å². The lowest BCUT2D eigenvalue weighted by atomic mass is 10.0. The third-order valence-corrected chi connectivity index (χ3v) is 5.02. The number of likely N-dealkylation sites (N-methyl/N-ethyl adjacent to an activating group) is 1. The lowest BCUT2D eigenvalue weighted by Crippen LogP contribution is -2.33. The van der Waals surface area contributed by atoms with Gasteiger partial charge in [-0.05, 0) is 43.8 Å². The molecule has 0 radical (unpaired) electrons. The number of nitrogens with one attached hydrogen (secondary N) is 1. The molecule has 0 saturated heterocycles. The Morgan fingerprint density at radius 2 is 1.60 bits per heavy atom. The van der Waals surface area contributed by atoms with E-state index >= 15 is 0 Å². The van der Waals surface area contributed by atoms with Crippen molar-refractivity contribution in [2.45, 2.75) is 19.4 Å². The van der Waals surface area contributed by atoms with Crippen LogP contribution < -0.4 is 19.5 Å². The van der Waals surface area contributed by atoms with Crippen molar-refractivity contribution < 1.29 is 19.0 Å². The van der Waals surface area contributed by atoms with Gasteiger partial charge in [0.15, 0.2) is 11.5 Å². The number of nitrogens with zero attached hydrogens (tertiary/aromatic N) is 1. The van der Waals surface area contributed by atoms with Crippen LogP contribution in [-0.2, 0) is 11.2 Å². The molecule has 162 valence electrons. The van der Waals surface area contributed by atoms with E-state index in [9.17, 15) is 4.79 Å². The van der Waals surface area contributed by atoms with Crippen molar-refractivity contribution in [1.82, 2.24) is 10.2 Å². The van der Waals surface area contributed by atoms with Crippen molar-refractivity contribution >= 4 is 12.0 Å². The van der Waals surface area contributed by atoms with Crippen molar-refractivity contribution in [3.63, 3.8) is 0 Å². The molecule has 0 aliphatic carbocycles. The lowest BCUT2D eigenvalue weighted by molar-refractivity contribution is -0.116. The first-order valence-electron chi connectivity index (χ1n) is 9.94. The summed E-state index contributed by atoms with van der Waals surface area (Å²) < 4.78 is 16.0. The van der Waals surface area contributed by atoms with Crippen LogP contribution in [0.2, 0.25) is 0 Å². The highest BCUT2D eigenvalue weighted by Gasteiger charge is 2.15. The molecule has 1 unspecified atom stereocenters. The molecule has 2 aromatic carbocycles. The number of hydrogen-bond acceptors (Lipinski definition) is 5. The van der Waals surface area contributed by atoms with E-state index in [-0.39, 0.29) is 11.9 Å². The molecular formula is C24H32N2O4. The number of amides is 1. The first kappa shape index (κ1) is 23.3. The van der Waals surface area contributed by atoms with Crippen LogP contribution in [0.1, 0.15) is 29.7 Å². The lowest BCUT2D eigenvalue weighted by Gasteiger charge is -2.25. The number of benzene rings is 2. The van der Waals surface area contributed by atoms with E-state index in [1.54, 1.807) is 39.5 Å². The van der Waals surface area contributed by atoms with Gasteiger partial charge in [0.1, 0.15) is 5.75 Å². The van der Waals surface area contributed by atoms with Crippen molar-refractivity contribution in [2.75, 3.05) is 42.0 Å². The highest BCUT2D eigenvalue weighted by molar-refractivity contribution is 5.92. The zero-order valence-corrected chi connectivity index (χ0v) is 18.7. The molecule has 0 aromatic heterocycles. The monoisotopic (exact) mass is 412 g/mol. The molecule has 6 nitrogen and oxygen atoms in total. The molecule has 2 rings (SSSR count). The standard InChI is InChI=1S/C24H32N2O4/c1-7-17-8-10-18(11-9-17)20(26(2)3)16-25-24(27)13-12-19-14-22(29-5)23(30-6)15-21(19)28-4/h8-15,20H,7,16H2,1-6H3,(H,25,27)/b13-12+. The van der Waals surface area contributed by atoms with Gasteiger partial charge in [-0.3, -0.25) is 4.79 Å². The van der Waals surface area contributed by atoms with Crippen LogP contribution in [0, 0.1) is 0 Å². The first-order chi connectivity index (χ1) is 14.4. The molecule has 6 heteroatoms. The van der Waals surface area contributed by atoms with Crippen LogP contribution in [-0.4, -0.2) is 52.8 Å². The van der Waals surface area contributed by atoms with E-state index in [4.69, 9.17) is 14.2 Å². The zero-order chi connectivity index (χ0) is 22.1. The van der Waals surface area contributed by atoms with E-state index in [1.165, 1.54) is 17.2 Å². The summed E-state index contributed by atoms with van der Waals surface area (Å²) >= 11 is 0. The van der Waals surface area contributed by atoms with Crippen LogP contribution >= 0.6 is 0 Å². The summed E-state index contributed by atoms with van der Waals surface area (Å²) in [5, 5.41) is 2.99. The highest BCUT2D eigenvalue weighted by Crippen LogP contribution is 2.35. The molecular weight excluding hydrogens is 380 g/mol. The maximum absolute atomic E-state index is 12.4. The van der Waals surface area contributed by atoms with Crippen LogP contribution in [0.3, 0.4) is 0 Å². The molecule has 0 aliphatic rings. The predicted molar refractivity (Wildman–Crippen MR) is 120 cm³/mol. The van der Waals surface area contributed by atoms with Gasteiger partial charge >= 0.3 is 0 Å². The Hall–Kier alpha value is -2.99. The number of carbonyl (C=O) groups excluding carboxylic acids is 1. The molecule has 0 saturated carbocycles. The molecule has 30 heavy (non-hydrogen) atoms. The summed E-state index contributed by atoms with van der Waals surface area (Å²) in [4.78, 5) is 14.5. The zero-order valence-electron chi connectivity index (χ0n) is 18.7. The molecule has 0 aliphatic heterocycles. The number of ether oxygens (including phenoxy) is 3. The minimum absolute atomic E-state index is 0.0869. The van der Waals surface area contributed by atoms with Crippen molar-refractivity contribution in [3.8, 4) is 17.2 Å². The minimum atomic E-state index is -0.177. The topological polar surface area (TPSA) is 60.0 Å². The average molecular weight is 413 g/mol. The summed E-state index contributed by atoms with van der Waals surface area (Å²) in [7, 11) is 8.73. The molecule has 1 atom stereocenters. The maximum atomic E-state index is 12.4. The highest BCUT2D eigenvalue weighted by atomic mass is 16.5. The number of aryl methyl sites for hydroxylation is 1. The number of carbonyl (C=O) groups is 1. The van der Waals surface area contributed by atoms with E-state index < -0.39 is 0 Å². The summed E-state index contributed by atoms with van der Waals surface area (Å²) in [5.74, 6) is 1.56. The van der Waals surface area contributed by atoms with Gasteiger partial charge < -0.3 is 24.4 Å². The van der Waals surface area contributed by atoms with Crippen molar-refractivity contribution in [2.24, 2.45) is 0 Å². The van der Waals surface area contributed by atoms with E-state index in [1.807, 2.05) is 14.1 Å². The van der Waals surface area contributed by atoms with Crippen LogP contribution in [0.15, 0.2) is 42.5 Å². The summed E-state index contributed by atoms with van der Waals surface area (Å²) in [6, 6.07) is 12.1. The molecule has 0 fully saturated rings. The number of rotatable bonds is 10. The van der Waals surface area contributed by atoms with Gasteiger partial charge in [0.2, 0.25) is 5.91 Å². The third-order valence-electron chi connectivity index (χ3n) is 5.02. The second-order valence-corrected chi connectivity index (χ2v) is 7.10. The smallest absolute Gasteiger partial charge is 0.244 e. The van der Waals surface area contributed by atoms with Gasteiger partial charge in [0.05, 0.1) is 27.4 Å². The molecule has 2 aromatic rings. The normalized spacial score (nSPS) is 12.1. The maximum Gasteiger partial charge on any atom is 0.244 e. The quantitative estimate of drug-likeness (QED) is 0.603. The molecule has 0 heterocycles. The van der Waals surface area contributed by atoms with E-state index in [0.29, 0.717) is 23.8 Å². The largest absolute Gasteiger partial charge is 0.496 e. The van der Waals surface area contributed by atoms with Gasteiger partial charge in [-0.15, -0.1) is 0 Å². The summed E-state index contributed by atoms with van der Waals surface area (Å²) in [5.41, 5.74) is 3.19. The average Bonchev–Trinajstić information content (AvgIpc) is 2.77. The van der Waals surface area contributed by atoms with Crippen LogP contribution in [0.5, 0.6) is 17.2 Å². The molecule has 0 bridgehead atoms. The second kappa shape index (κ2) is 11.3. The fourth-order valence-corrected chi connectivity index (χ4v) is 3.18. The first-order valence-corrected chi connectivity index (χ1v) is 9.94. The summed E-state index contributed by atoms with van der Waals surface area (Å²) in [6.45, 7) is 2.64. The SMILES string of the molecule is CCc1ccc(C(CNC(=O)/C=C/c2cc(OC)c(OC)cc2OC)N(C)C)cc1. The van der Waals surface area contributed by atoms with Crippen molar-refractivity contribution in [3.05, 3.63) is 59.2 Å². The number of methoxy groups -OCH3 is 3. The second-order valence-electron chi connectivity index (χ2n) is 7.10. The Labute approximate surface area is 179 Å². The molecule has 0 spiro atoms.